The molecule has 0 aromatic carbocycles. The first-order valence-corrected chi connectivity index (χ1v) is 7.13. The van der Waals surface area contributed by atoms with Gasteiger partial charge in [-0.05, 0) is 33.7 Å². The van der Waals surface area contributed by atoms with Crippen LogP contribution in [0, 0.1) is 0 Å². The molecule has 0 saturated heterocycles. The van der Waals surface area contributed by atoms with E-state index in [4.69, 9.17) is 4.74 Å². The van der Waals surface area contributed by atoms with E-state index in [2.05, 4.69) is 37.5 Å². The molecule has 112 valence electrons. The van der Waals surface area contributed by atoms with Gasteiger partial charge in [0.1, 0.15) is 0 Å². The number of nitrogens with one attached hydrogen (secondary N) is 2. The minimum absolute atomic E-state index is 0.0379. The molecule has 2 rings (SSSR count). The molecule has 0 radical (unpaired) electrons. The Morgan fingerprint density at radius 2 is 1.95 bits per heavy atom. The van der Waals surface area contributed by atoms with Crippen LogP contribution < -0.4 is 15.4 Å². The fourth-order valence-electron chi connectivity index (χ4n) is 1.85. The van der Waals surface area contributed by atoms with E-state index in [1.807, 2.05) is 13.8 Å². The topological polar surface area (TPSA) is 75.2 Å². The van der Waals surface area contributed by atoms with Gasteiger partial charge in [0, 0.05) is 26.2 Å². The standard InChI is InChI=1S/C13H24N6O/c1-9(2)20-13-17-11(14-3)16-12(18-13)15-7-8-19(4)10-5-6-10/h9-10H,5-8H2,1-4H3,(H2,14,15,16,17,18). The molecular weight excluding hydrogens is 256 g/mol. The lowest BCUT2D eigenvalue weighted by Crippen LogP contribution is -2.27. The Morgan fingerprint density at radius 1 is 1.25 bits per heavy atom. The van der Waals surface area contributed by atoms with Crippen molar-refractivity contribution >= 4 is 11.9 Å². The molecule has 0 atom stereocenters. The second-order valence-electron chi connectivity index (χ2n) is 5.32. The maximum Gasteiger partial charge on any atom is 0.323 e. The zero-order valence-corrected chi connectivity index (χ0v) is 12.7. The Labute approximate surface area is 120 Å². The van der Waals surface area contributed by atoms with Crippen molar-refractivity contribution in [3.8, 4) is 6.01 Å². The van der Waals surface area contributed by atoms with Crippen LogP contribution in [0.1, 0.15) is 26.7 Å². The Kier molecular flexibility index (Phi) is 4.94. The van der Waals surface area contributed by atoms with Crippen LogP contribution in [0.15, 0.2) is 0 Å². The summed E-state index contributed by atoms with van der Waals surface area (Å²) >= 11 is 0. The Hall–Kier alpha value is -1.63. The Morgan fingerprint density at radius 3 is 2.55 bits per heavy atom. The second kappa shape index (κ2) is 6.69. The van der Waals surface area contributed by atoms with Gasteiger partial charge in [-0.3, -0.25) is 0 Å². The molecule has 1 aliphatic carbocycles. The number of anilines is 2. The highest BCUT2D eigenvalue weighted by molar-refractivity contribution is 5.35. The molecule has 1 fully saturated rings. The smallest absolute Gasteiger partial charge is 0.323 e. The summed E-state index contributed by atoms with van der Waals surface area (Å²) in [5, 5.41) is 6.14. The van der Waals surface area contributed by atoms with Gasteiger partial charge in [-0.25, -0.2) is 0 Å². The van der Waals surface area contributed by atoms with Gasteiger partial charge < -0.3 is 20.3 Å². The zero-order chi connectivity index (χ0) is 14.5. The Balaban J connectivity index is 1.91. The largest absolute Gasteiger partial charge is 0.461 e. The van der Waals surface area contributed by atoms with Gasteiger partial charge >= 0.3 is 6.01 Å². The first-order chi connectivity index (χ1) is 9.58. The summed E-state index contributed by atoms with van der Waals surface area (Å²) in [6, 6.07) is 1.11. The number of nitrogens with zero attached hydrogens (tertiary/aromatic N) is 4. The third-order valence-corrected chi connectivity index (χ3v) is 3.10. The predicted octanol–water partition coefficient (Wildman–Crippen LogP) is 1.21. The van der Waals surface area contributed by atoms with Crippen LogP contribution in [0.3, 0.4) is 0 Å². The third-order valence-electron chi connectivity index (χ3n) is 3.10. The molecule has 0 bridgehead atoms. The summed E-state index contributed by atoms with van der Waals surface area (Å²) in [4.78, 5) is 15.1. The molecule has 0 aliphatic heterocycles. The lowest BCUT2D eigenvalue weighted by Gasteiger charge is -2.16. The summed E-state index contributed by atoms with van der Waals surface area (Å²) in [6.07, 6.45) is 2.67. The van der Waals surface area contributed by atoms with Crippen molar-refractivity contribution < 1.29 is 4.74 Å². The average Bonchev–Trinajstić information content (AvgIpc) is 3.21. The molecule has 20 heavy (non-hydrogen) atoms. The fourth-order valence-corrected chi connectivity index (χ4v) is 1.85. The summed E-state index contributed by atoms with van der Waals surface area (Å²) < 4.78 is 5.52. The molecule has 0 amide bonds. The normalized spacial score (nSPS) is 14.7. The van der Waals surface area contributed by atoms with Crippen LogP contribution >= 0.6 is 0 Å². The average molecular weight is 280 g/mol. The van der Waals surface area contributed by atoms with Gasteiger partial charge in [-0.15, -0.1) is 0 Å². The third kappa shape index (κ3) is 4.48. The minimum Gasteiger partial charge on any atom is -0.461 e. The zero-order valence-electron chi connectivity index (χ0n) is 12.7. The van der Waals surface area contributed by atoms with Crippen LogP contribution in [-0.2, 0) is 0 Å². The number of rotatable bonds is 8. The lowest BCUT2D eigenvalue weighted by atomic mass is 10.5. The van der Waals surface area contributed by atoms with Crippen LogP contribution in [0.4, 0.5) is 11.9 Å². The number of aromatic nitrogens is 3. The van der Waals surface area contributed by atoms with E-state index in [0.717, 1.165) is 19.1 Å². The van der Waals surface area contributed by atoms with Crippen molar-refractivity contribution in [1.82, 2.24) is 19.9 Å². The quantitative estimate of drug-likeness (QED) is 0.741. The number of ether oxygens (including phenoxy) is 1. The van der Waals surface area contributed by atoms with Gasteiger partial charge in [0.15, 0.2) is 0 Å². The maximum absolute atomic E-state index is 5.52. The van der Waals surface area contributed by atoms with Gasteiger partial charge in [0.2, 0.25) is 11.9 Å². The molecular formula is C13H24N6O. The highest BCUT2D eigenvalue weighted by Crippen LogP contribution is 2.24. The van der Waals surface area contributed by atoms with Crippen molar-refractivity contribution in [2.75, 3.05) is 37.8 Å². The molecule has 0 spiro atoms. The van der Waals surface area contributed by atoms with E-state index in [1.165, 1.54) is 12.8 Å². The summed E-state index contributed by atoms with van der Waals surface area (Å²) in [5.74, 6) is 1.05. The molecule has 1 saturated carbocycles. The first-order valence-electron chi connectivity index (χ1n) is 7.13. The molecule has 1 heterocycles. The molecule has 1 aromatic rings. The van der Waals surface area contributed by atoms with Crippen molar-refractivity contribution in [2.45, 2.75) is 38.8 Å². The van der Waals surface area contributed by atoms with Crippen LogP contribution in [0.25, 0.3) is 0 Å². The van der Waals surface area contributed by atoms with Gasteiger partial charge in [-0.1, -0.05) is 0 Å². The van der Waals surface area contributed by atoms with Crippen LogP contribution in [-0.4, -0.2) is 59.2 Å². The van der Waals surface area contributed by atoms with Crippen LogP contribution in [0.2, 0.25) is 0 Å². The van der Waals surface area contributed by atoms with E-state index >= 15 is 0 Å². The van der Waals surface area contributed by atoms with Gasteiger partial charge in [-0.2, -0.15) is 15.0 Å². The first kappa shape index (κ1) is 14.8. The fraction of sp³-hybridized carbons (Fsp3) is 0.769. The monoisotopic (exact) mass is 280 g/mol. The lowest BCUT2D eigenvalue weighted by molar-refractivity contribution is 0.222. The highest BCUT2D eigenvalue weighted by Gasteiger charge is 2.25. The minimum atomic E-state index is 0.0379. The number of likely N-dealkylation sites (N-methyl/N-ethyl adjacent to an activating group) is 1. The maximum atomic E-state index is 5.52. The molecule has 1 aromatic heterocycles. The summed E-state index contributed by atoms with van der Waals surface area (Å²) in [5.41, 5.74) is 0. The Bertz CT molecular complexity index is 435. The van der Waals surface area contributed by atoms with Gasteiger partial charge in [0.25, 0.3) is 0 Å². The molecule has 7 nitrogen and oxygen atoms in total. The van der Waals surface area contributed by atoms with Crippen molar-refractivity contribution in [3.05, 3.63) is 0 Å². The second-order valence-corrected chi connectivity index (χ2v) is 5.32. The molecule has 1 aliphatic rings. The van der Waals surface area contributed by atoms with Crippen molar-refractivity contribution in [2.24, 2.45) is 0 Å². The van der Waals surface area contributed by atoms with E-state index in [0.29, 0.717) is 17.9 Å². The van der Waals surface area contributed by atoms with Crippen LogP contribution in [0.5, 0.6) is 6.01 Å². The molecule has 7 heteroatoms. The van der Waals surface area contributed by atoms with E-state index in [9.17, 15) is 0 Å². The van der Waals surface area contributed by atoms with E-state index < -0.39 is 0 Å². The highest BCUT2D eigenvalue weighted by atomic mass is 16.5. The van der Waals surface area contributed by atoms with E-state index in [1.54, 1.807) is 7.05 Å². The SMILES string of the molecule is CNc1nc(NCCN(C)C2CC2)nc(OC(C)C)n1. The predicted molar refractivity (Wildman–Crippen MR) is 79.3 cm³/mol. The van der Waals surface area contributed by atoms with Crippen molar-refractivity contribution in [3.63, 3.8) is 0 Å². The summed E-state index contributed by atoms with van der Waals surface area (Å²) in [7, 11) is 3.93. The molecule has 0 unspecified atom stereocenters. The number of hydrogen-bond donors (Lipinski definition) is 2. The molecule has 2 N–H and O–H groups in total. The number of hydrogen-bond acceptors (Lipinski definition) is 7. The summed E-state index contributed by atoms with van der Waals surface area (Å²) in [6.45, 7) is 5.67. The van der Waals surface area contributed by atoms with Crippen molar-refractivity contribution in [1.29, 1.82) is 0 Å². The van der Waals surface area contributed by atoms with E-state index in [-0.39, 0.29) is 6.10 Å². The van der Waals surface area contributed by atoms with Gasteiger partial charge in [0.05, 0.1) is 6.10 Å².